The average Bonchev–Trinajstić information content (AvgIpc) is 2.94. The molecule has 0 radical (unpaired) electrons. The highest BCUT2D eigenvalue weighted by molar-refractivity contribution is 6.04. The van der Waals surface area contributed by atoms with Gasteiger partial charge in [-0.2, -0.15) is 0 Å². The number of hydrogen-bond donors (Lipinski definition) is 1. The van der Waals surface area contributed by atoms with Crippen molar-refractivity contribution in [3.63, 3.8) is 0 Å². The maximum Gasteiger partial charge on any atom is 0.255 e. The van der Waals surface area contributed by atoms with Crippen LogP contribution in [0.1, 0.15) is 15.9 Å². The van der Waals surface area contributed by atoms with Crippen LogP contribution in [0.5, 0.6) is 17.2 Å². The smallest absolute Gasteiger partial charge is 0.255 e. The molecule has 0 atom stereocenters. The van der Waals surface area contributed by atoms with Crippen molar-refractivity contribution in [2.45, 2.75) is 6.92 Å². The molecule has 2 aromatic rings. The van der Waals surface area contributed by atoms with Gasteiger partial charge in [0.05, 0.1) is 7.11 Å². The third kappa shape index (κ3) is 2.63. The quantitative estimate of drug-likeness (QED) is 0.942. The van der Waals surface area contributed by atoms with E-state index in [-0.39, 0.29) is 12.7 Å². The summed E-state index contributed by atoms with van der Waals surface area (Å²) in [6.07, 6.45) is 0. The van der Waals surface area contributed by atoms with Gasteiger partial charge >= 0.3 is 0 Å². The largest absolute Gasteiger partial charge is 0.496 e. The Morgan fingerprint density at radius 2 is 1.95 bits per heavy atom. The van der Waals surface area contributed by atoms with E-state index in [2.05, 4.69) is 5.32 Å². The molecule has 5 heteroatoms. The predicted octanol–water partition coefficient (Wildman–Crippen LogP) is 2.98. The van der Waals surface area contributed by atoms with Gasteiger partial charge in [-0.15, -0.1) is 0 Å². The normalized spacial score (nSPS) is 12.1. The molecular weight excluding hydrogens is 270 g/mol. The van der Waals surface area contributed by atoms with Gasteiger partial charge in [0.2, 0.25) is 6.79 Å². The summed E-state index contributed by atoms with van der Waals surface area (Å²) in [4.78, 5) is 12.2. The molecular formula is C16H15NO4. The van der Waals surface area contributed by atoms with Crippen LogP contribution in [0.25, 0.3) is 0 Å². The summed E-state index contributed by atoms with van der Waals surface area (Å²) in [5, 5.41) is 2.85. The lowest BCUT2D eigenvalue weighted by Crippen LogP contribution is -2.11. The zero-order chi connectivity index (χ0) is 14.8. The molecule has 0 fully saturated rings. The molecule has 0 bridgehead atoms. The highest BCUT2D eigenvalue weighted by atomic mass is 16.7. The number of carbonyl (C=O) groups excluding carboxylic acids is 1. The van der Waals surface area contributed by atoms with Gasteiger partial charge in [0.25, 0.3) is 5.91 Å². The Balaban J connectivity index is 1.78. The molecule has 0 aliphatic carbocycles. The molecule has 1 heterocycles. The molecule has 0 spiro atoms. The molecule has 0 saturated carbocycles. The molecule has 2 aromatic carbocycles. The van der Waals surface area contributed by atoms with Crippen LogP contribution >= 0.6 is 0 Å². The Bertz CT molecular complexity index is 697. The zero-order valence-corrected chi connectivity index (χ0v) is 11.8. The number of ether oxygens (including phenoxy) is 3. The zero-order valence-electron chi connectivity index (χ0n) is 11.8. The molecule has 0 aromatic heterocycles. The lowest BCUT2D eigenvalue weighted by Gasteiger charge is -2.09. The van der Waals surface area contributed by atoms with Gasteiger partial charge in [-0.05, 0) is 48.9 Å². The molecule has 1 aliphatic rings. The number of aryl methyl sites for hydroxylation is 1. The molecule has 1 aliphatic heterocycles. The molecule has 1 amide bonds. The summed E-state index contributed by atoms with van der Waals surface area (Å²) in [5.74, 6) is 1.84. The van der Waals surface area contributed by atoms with Gasteiger partial charge < -0.3 is 19.5 Å². The summed E-state index contributed by atoms with van der Waals surface area (Å²) in [6.45, 7) is 2.12. The highest BCUT2D eigenvalue weighted by Gasteiger charge is 2.16. The van der Waals surface area contributed by atoms with Crippen LogP contribution in [0.15, 0.2) is 36.4 Å². The van der Waals surface area contributed by atoms with Gasteiger partial charge in [-0.25, -0.2) is 0 Å². The number of anilines is 1. The Kier molecular flexibility index (Phi) is 3.39. The standard InChI is InChI=1S/C16H15NO4/c1-10-7-12(4-6-13(10)19-2)17-16(18)11-3-5-14-15(8-11)21-9-20-14/h3-8H,9H2,1-2H3,(H,17,18). The minimum absolute atomic E-state index is 0.193. The first-order valence-corrected chi connectivity index (χ1v) is 6.53. The van der Waals surface area contributed by atoms with E-state index >= 15 is 0 Å². The van der Waals surface area contributed by atoms with Crippen molar-refractivity contribution in [1.82, 2.24) is 0 Å². The topological polar surface area (TPSA) is 56.8 Å². The second-order valence-corrected chi connectivity index (χ2v) is 4.71. The van der Waals surface area contributed by atoms with Crippen LogP contribution < -0.4 is 19.5 Å². The van der Waals surface area contributed by atoms with Crippen molar-refractivity contribution in [2.24, 2.45) is 0 Å². The second kappa shape index (κ2) is 5.36. The van der Waals surface area contributed by atoms with Crippen LogP contribution in [-0.4, -0.2) is 19.8 Å². The van der Waals surface area contributed by atoms with Crippen LogP contribution in [0.3, 0.4) is 0 Å². The minimum Gasteiger partial charge on any atom is -0.496 e. The van der Waals surface area contributed by atoms with E-state index in [1.165, 1.54) is 0 Å². The van der Waals surface area contributed by atoms with Crippen LogP contribution in [0, 0.1) is 6.92 Å². The fourth-order valence-corrected chi connectivity index (χ4v) is 2.20. The Morgan fingerprint density at radius 3 is 2.71 bits per heavy atom. The number of rotatable bonds is 3. The fourth-order valence-electron chi connectivity index (χ4n) is 2.20. The van der Waals surface area contributed by atoms with Crippen molar-refractivity contribution < 1.29 is 19.0 Å². The second-order valence-electron chi connectivity index (χ2n) is 4.71. The van der Waals surface area contributed by atoms with E-state index in [0.717, 1.165) is 17.0 Å². The van der Waals surface area contributed by atoms with Gasteiger partial charge in [-0.3, -0.25) is 4.79 Å². The van der Waals surface area contributed by atoms with Gasteiger partial charge in [0.15, 0.2) is 11.5 Å². The summed E-state index contributed by atoms with van der Waals surface area (Å²) in [6, 6.07) is 10.6. The predicted molar refractivity (Wildman–Crippen MR) is 78.2 cm³/mol. The lowest BCUT2D eigenvalue weighted by molar-refractivity contribution is 0.102. The Labute approximate surface area is 122 Å². The molecule has 0 unspecified atom stereocenters. The first kappa shape index (κ1) is 13.3. The van der Waals surface area contributed by atoms with Crippen molar-refractivity contribution in [1.29, 1.82) is 0 Å². The van der Waals surface area contributed by atoms with Gasteiger partial charge in [0, 0.05) is 11.3 Å². The number of benzene rings is 2. The van der Waals surface area contributed by atoms with E-state index in [1.54, 1.807) is 31.4 Å². The molecule has 1 N–H and O–H groups in total. The van der Waals surface area contributed by atoms with Gasteiger partial charge in [0.1, 0.15) is 5.75 Å². The van der Waals surface area contributed by atoms with Crippen LogP contribution in [0.2, 0.25) is 0 Å². The summed E-state index contributed by atoms with van der Waals surface area (Å²) in [5.41, 5.74) is 2.20. The first-order valence-electron chi connectivity index (χ1n) is 6.53. The number of nitrogens with one attached hydrogen (secondary N) is 1. The highest BCUT2D eigenvalue weighted by Crippen LogP contribution is 2.32. The van der Waals surface area contributed by atoms with Crippen molar-refractivity contribution >= 4 is 11.6 Å². The Morgan fingerprint density at radius 1 is 1.14 bits per heavy atom. The number of carbonyl (C=O) groups is 1. The van der Waals surface area contributed by atoms with E-state index in [4.69, 9.17) is 14.2 Å². The maximum atomic E-state index is 12.2. The molecule has 108 valence electrons. The molecule has 5 nitrogen and oxygen atoms in total. The van der Waals surface area contributed by atoms with E-state index < -0.39 is 0 Å². The third-order valence-electron chi connectivity index (χ3n) is 3.29. The summed E-state index contributed by atoms with van der Waals surface area (Å²) < 4.78 is 15.7. The Hall–Kier alpha value is -2.69. The number of fused-ring (bicyclic) bond motifs is 1. The van der Waals surface area contributed by atoms with Crippen molar-refractivity contribution in [3.8, 4) is 17.2 Å². The van der Waals surface area contributed by atoms with E-state index in [1.807, 2.05) is 19.1 Å². The summed E-state index contributed by atoms with van der Waals surface area (Å²) in [7, 11) is 1.62. The number of methoxy groups -OCH3 is 1. The van der Waals surface area contributed by atoms with Gasteiger partial charge in [-0.1, -0.05) is 0 Å². The first-order chi connectivity index (χ1) is 10.2. The number of amides is 1. The third-order valence-corrected chi connectivity index (χ3v) is 3.29. The van der Waals surface area contributed by atoms with E-state index in [9.17, 15) is 4.79 Å². The number of hydrogen-bond acceptors (Lipinski definition) is 4. The lowest BCUT2D eigenvalue weighted by atomic mass is 10.1. The monoisotopic (exact) mass is 285 g/mol. The SMILES string of the molecule is COc1ccc(NC(=O)c2ccc3c(c2)OCO3)cc1C. The van der Waals surface area contributed by atoms with Crippen molar-refractivity contribution in [3.05, 3.63) is 47.5 Å². The fraction of sp³-hybridized carbons (Fsp3) is 0.188. The average molecular weight is 285 g/mol. The maximum absolute atomic E-state index is 12.2. The van der Waals surface area contributed by atoms with E-state index in [0.29, 0.717) is 17.1 Å². The molecule has 3 rings (SSSR count). The summed E-state index contributed by atoms with van der Waals surface area (Å²) >= 11 is 0. The molecule has 21 heavy (non-hydrogen) atoms. The van der Waals surface area contributed by atoms with Crippen LogP contribution in [-0.2, 0) is 0 Å². The van der Waals surface area contributed by atoms with Crippen LogP contribution in [0.4, 0.5) is 5.69 Å². The minimum atomic E-state index is -0.196. The molecule has 0 saturated heterocycles. The van der Waals surface area contributed by atoms with Crippen molar-refractivity contribution in [2.75, 3.05) is 19.2 Å².